The summed E-state index contributed by atoms with van der Waals surface area (Å²) in [5.41, 5.74) is 2.46. The van der Waals surface area contributed by atoms with E-state index in [2.05, 4.69) is 26.0 Å². The van der Waals surface area contributed by atoms with Gasteiger partial charge in [-0.15, -0.1) is 0 Å². The molecule has 3 rings (SSSR count). The third-order valence-electron chi connectivity index (χ3n) is 3.54. The zero-order chi connectivity index (χ0) is 13.3. The van der Waals surface area contributed by atoms with Crippen molar-refractivity contribution in [3.63, 3.8) is 0 Å². The normalized spacial score (nSPS) is 25.9. The standard InChI is InChI=1S/C16H20O3/c1-16(2)10-18-15(19-11-16)13-8-14(17-9-13)12-6-4-3-5-7-12/h3-7,14H,8-11H2,1-2H3. The van der Waals surface area contributed by atoms with Crippen LogP contribution in [0.1, 0.15) is 31.9 Å². The number of rotatable bonds is 1. The van der Waals surface area contributed by atoms with Gasteiger partial charge >= 0.3 is 0 Å². The fourth-order valence-corrected chi connectivity index (χ4v) is 2.38. The van der Waals surface area contributed by atoms with Crippen LogP contribution in [-0.2, 0) is 14.2 Å². The van der Waals surface area contributed by atoms with E-state index in [9.17, 15) is 0 Å². The molecular formula is C16H20O3. The van der Waals surface area contributed by atoms with Crippen molar-refractivity contribution < 1.29 is 14.2 Å². The molecule has 3 heteroatoms. The smallest absolute Gasteiger partial charge is 0.280 e. The first kappa shape index (κ1) is 12.5. The largest absolute Gasteiger partial charge is 0.465 e. The van der Waals surface area contributed by atoms with Crippen LogP contribution in [0.15, 0.2) is 41.9 Å². The Morgan fingerprint density at radius 3 is 2.42 bits per heavy atom. The summed E-state index contributed by atoms with van der Waals surface area (Å²) < 4.78 is 17.3. The molecule has 0 radical (unpaired) electrons. The van der Waals surface area contributed by atoms with Crippen molar-refractivity contribution in [2.45, 2.75) is 26.4 Å². The Bertz CT molecular complexity index is 464. The molecule has 1 aromatic carbocycles. The maximum atomic E-state index is 5.84. The Hall–Kier alpha value is -1.48. The number of hydrogen-bond acceptors (Lipinski definition) is 3. The van der Waals surface area contributed by atoms with Gasteiger partial charge in [0.1, 0.15) is 0 Å². The lowest BCUT2D eigenvalue weighted by Gasteiger charge is -2.31. The van der Waals surface area contributed by atoms with E-state index in [0.29, 0.717) is 25.8 Å². The topological polar surface area (TPSA) is 27.7 Å². The van der Waals surface area contributed by atoms with Crippen molar-refractivity contribution in [3.8, 4) is 0 Å². The van der Waals surface area contributed by atoms with Gasteiger partial charge in [0.05, 0.1) is 25.9 Å². The lowest BCUT2D eigenvalue weighted by atomic mass is 9.95. The molecule has 0 N–H and O–H groups in total. The van der Waals surface area contributed by atoms with Crippen molar-refractivity contribution in [1.29, 1.82) is 0 Å². The van der Waals surface area contributed by atoms with Crippen LogP contribution in [0, 0.1) is 5.41 Å². The molecule has 0 spiro atoms. The minimum Gasteiger partial charge on any atom is -0.465 e. The van der Waals surface area contributed by atoms with Gasteiger partial charge in [-0.25, -0.2) is 0 Å². The van der Waals surface area contributed by atoms with E-state index < -0.39 is 0 Å². The SMILES string of the molecule is CC1(C)COC(=C2COC(c3ccccc3)C2)OC1. The maximum absolute atomic E-state index is 5.84. The van der Waals surface area contributed by atoms with Crippen LogP contribution in [-0.4, -0.2) is 19.8 Å². The van der Waals surface area contributed by atoms with E-state index in [-0.39, 0.29) is 11.5 Å². The van der Waals surface area contributed by atoms with Gasteiger partial charge in [0.25, 0.3) is 5.95 Å². The van der Waals surface area contributed by atoms with Gasteiger partial charge in [-0.1, -0.05) is 44.2 Å². The molecule has 2 saturated heterocycles. The van der Waals surface area contributed by atoms with Gasteiger partial charge in [-0.05, 0) is 5.56 Å². The van der Waals surface area contributed by atoms with Crippen LogP contribution >= 0.6 is 0 Å². The second-order valence-electron chi connectivity index (χ2n) is 6.05. The fraction of sp³-hybridized carbons (Fsp3) is 0.500. The molecule has 2 aliphatic rings. The molecule has 19 heavy (non-hydrogen) atoms. The molecule has 0 bridgehead atoms. The van der Waals surface area contributed by atoms with Gasteiger partial charge in [0.2, 0.25) is 0 Å². The van der Waals surface area contributed by atoms with Crippen LogP contribution in [0.25, 0.3) is 0 Å². The second kappa shape index (κ2) is 4.89. The summed E-state index contributed by atoms with van der Waals surface area (Å²) in [7, 11) is 0. The van der Waals surface area contributed by atoms with E-state index in [4.69, 9.17) is 14.2 Å². The average molecular weight is 260 g/mol. The Morgan fingerprint density at radius 2 is 1.74 bits per heavy atom. The Morgan fingerprint density at radius 1 is 1.05 bits per heavy atom. The summed E-state index contributed by atoms with van der Waals surface area (Å²) in [6, 6.07) is 10.3. The van der Waals surface area contributed by atoms with Gasteiger partial charge in [0, 0.05) is 17.4 Å². The third kappa shape index (κ3) is 2.76. The van der Waals surface area contributed by atoms with Crippen LogP contribution < -0.4 is 0 Å². The predicted molar refractivity (Wildman–Crippen MR) is 72.5 cm³/mol. The second-order valence-corrected chi connectivity index (χ2v) is 6.05. The molecule has 0 aromatic heterocycles. The highest BCUT2D eigenvalue weighted by atomic mass is 16.7. The Balaban J connectivity index is 1.69. The van der Waals surface area contributed by atoms with E-state index in [1.165, 1.54) is 5.56 Å². The minimum absolute atomic E-state index is 0.0996. The van der Waals surface area contributed by atoms with E-state index in [1.54, 1.807) is 0 Å². The first-order valence-corrected chi connectivity index (χ1v) is 6.78. The molecule has 3 nitrogen and oxygen atoms in total. The predicted octanol–water partition coefficient (Wildman–Crippen LogP) is 3.43. The molecule has 1 aromatic rings. The van der Waals surface area contributed by atoms with Crippen LogP contribution in [0.3, 0.4) is 0 Å². The van der Waals surface area contributed by atoms with Gasteiger partial charge < -0.3 is 14.2 Å². The molecule has 2 aliphatic heterocycles. The van der Waals surface area contributed by atoms with Gasteiger partial charge in [0.15, 0.2) is 0 Å². The van der Waals surface area contributed by atoms with E-state index >= 15 is 0 Å². The Labute approximate surface area is 114 Å². The quantitative estimate of drug-likeness (QED) is 0.774. The monoisotopic (exact) mass is 260 g/mol. The molecule has 0 saturated carbocycles. The van der Waals surface area contributed by atoms with Gasteiger partial charge in [-0.2, -0.15) is 0 Å². The number of ether oxygens (including phenoxy) is 3. The highest BCUT2D eigenvalue weighted by Gasteiger charge is 2.31. The summed E-state index contributed by atoms with van der Waals surface area (Å²) in [5, 5.41) is 0. The first-order chi connectivity index (χ1) is 9.14. The van der Waals surface area contributed by atoms with Crippen LogP contribution in [0.5, 0.6) is 0 Å². The van der Waals surface area contributed by atoms with Crippen LogP contribution in [0.2, 0.25) is 0 Å². The highest BCUT2D eigenvalue weighted by molar-refractivity contribution is 5.23. The molecule has 1 unspecified atom stereocenters. The first-order valence-electron chi connectivity index (χ1n) is 6.78. The number of hydrogen-bond donors (Lipinski definition) is 0. The van der Waals surface area contributed by atoms with E-state index in [0.717, 1.165) is 12.0 Å². The van der Waals surface area contributed by atoms with Crippen molar-refractivity contribution in [2.75, 3.05) is 19.8 Å². The van der Waals surface area contributed by atoms with Gasteiger partial charge in [-0.3, -0.25) is 0 Å². The summed E-state index contributed by atoms with van der Waals surface area (Å²) in [4.78, 5) is 0. The van der Waals surface area contributed by atoms with E-state index in [1.807, 2.05) is 18.2 Å². The van der Waals surface area contributed by atoms with Crippen molar-refractivity contribution in [1.82, 2.24) is 0 Å². The molecular weight excluding hydrogens is 240 g/mol. The third-order valence-corrected chi connectivity index (χ3v) is 3.54. The lowest BCUT2D eigenvalue weighted by Crippen LogP contribution is -2.31. The van der Waals surface area contributed by atoms with Crippen molar-refractivity contribution in [2.24, 2.45) is 5.41 Å². The fourth-order valence-electron chi connectivity index (χ4n) is 2.38. The van der Waals surface area contributed by atoms with Crippen LogP contribution in [0.4, 0.5) is 0 Å². The summed E-state index contributed by atoms with van der Waals surface area (Å²) in [6.45, 7) is 6.32. The maximum Gasteiger partial charge on any atom is 0.280 e. The lowest BCUT2D eigenvalue weighted by molar-refractivity contribution is -0.0878. The molecule has 0 amide bonds. The summed E-state index contributed by atoms with van der Waals surface area (Å²) in [5.74, 6) is 0.692. The highest BCUT2D eigenvalue weighted by Crippen LogP contribution is 2.36. The van der Waals surface area contributed by atoms with Crippen molar-refractivity contribution in [3.05, 3.63) is 47.4 Å². The van der Waals surface area contributed by atoms with Crippen molar-refractivity contribution >= 4 is 0 Å². The molecule has 102 valence electrons. The summed E-state index contributed by atoms with van der Waals surface area (Å²) in [6.07, 6.45) is 0.991. The summed E-state index contributed by atoms with van der Waals surface area (Å²) >= 11 is 0. The zero-order valence-electron chi connectivity index (χ0n) is 11.5. The average Bonchev–Trinajstić information content (AvgIpc) is 2.89. The molecule has 1 atom stereocenters. The molecule has 0 aliphatic carbocycles. The zero-order valence-corrected chi connectivity index (χ0v) is 11.5. The molecule has 2 fully saturated rings. The number of benzene rings is 1. The molecule has 2 heterocycles. The Kier molecular flexibility index (Phi) is 3.23. The minimum atomic E-state index is 0.0996.